The fourth-order valence-electron chi connectivity index (χ4n) is 3.10. The lowest BCUT2D eigenvalue weighted by molar-refractivity contribution is -0.0305. The Bertz CT molecular complexity index is 717. The number of carbonyl (C=O) groups excluding carboxylic acids is 1. The lowest BCUT2D eigenvalue weighted by Gasteiger charge is -2.33. The number of halogens is 1. The van der Waals surface area contributed by atoms with Crippen molar-refractivity contribution in [3.05, 3.63) is 71.0 Å². The Balaban J connectivity index is 1.57. The molecule has 0 aromatic heterocycles. The zero-order valence-electron chi connectivity index (χ0n) is 14.3. The number of nitrogens with zero attached hydrogens (tertiary/aromatic N) is 1. The van der Waals surface area contributed by atoms with Crippen LogP contribution in [0.15, 0.2) is 48.5 Å². The predicted octanol–water partition coefficient (Wildman–Crippen LogP) is 3.06. The Morgan fingerprint density at radius 1 is 1.24 bits per heavy atom. The number of carbonyl (C=O) groups is 1. The summed E-state index contributed by atoms with van der Waals surface area (Å²) < 4.78 is 23.9. The van der Waals surface area contributed by atoms with E-state index < -0.39 is 0 Å². The highest BCUT2D eigenvalue weighted by molar-refractivity contribution is 5.89. The van der Waals surface area contributed by atoms with Gasteiger partial charge < -0.3 is 9.47 Å². The normalized spacial score (nSPS) is 18.1. The monoisotopic (exact) mass is 343 g/mol. The first-order chi connectivity index (χ1) is 12.1. The van der Waals surface area contributed by atoms with E-state index >= 15 is 0 Å². The molecule has 1 fully saturated rings. The number of methoxy groups -OCH3 is 1. The van der Waals surface area contributed by atoms with Crippen molar-refractivity contribution in [2.24, 2.45) is 0 Å². The summed E-state index contributed by atoms with van der Waals surface area (Å²) in [6.07, 6.45) is 0.764. The van der Waals surface area contributed by atoms with Crippen LogP contribution in [0.5, 0.6) is 0 Å². The number of esters is 1. The zero-order valence-corrected chi connectivity index (χ0v) is 14.3. The fourth-order valence-corrected chi connectivity index (χ4v) is 3.10. The van der Waals surface area contributed by atoms with Gasteiger partial charge in [0.15, 0.2) is 0 Å². The molecule has 2 aromatic carbocycles. The van der Waals surface area contributed by atoms with Crippen molar-refractivity contribution < 1.29 is 18.7 Å². The summed E-state index contributed by atoms with van der Waals surface area (Å²) in [5.41, 5.74) is 2.64. The van der Waals surface area contributed by atoms with Gasteiger partial charge >= 0.3 is 5.97 Å². The van der Waals surface area contributed by atoms with Gasteiger partial charge in [0.1, 0.15) is 5.82 Å². The quantitative estimate of drug-likeness (QED) is 0.782. The second-order valence-electron chi connectivity index (χ2n) is 6.25. The first kappa shape index (κ1) is 17.6. The average molecular weight is 343 g/mol. The minimum Gasteiger partial charge on any atom is -0.465 e. The molecule has 0 aliphatic carbocycles. The molecule has 5 heteroatoms. The second-order valence-corrected chi connectivity index (χ2v) is 6.25. The summed E-state index contributed by atoms with van der Waals surface area (Å²) in [7, 11) is 1.38. The van der Waals surface area contributed by atoms with Crippen LogP contribution in [0.2, 0.25) is 0 Å². The molecule has 25 heavy (non-hydrogen) atoms. The van der Waals surface area contributed by atoms with E-state index in [1.165, 1.54) is 13.2 Å². The van der Waals surface area contributed by atoms with Crippen molar-refractivity contribution in [2.75, 3.05) is 26.8 Å². The van der Waals surface area contributed by atoms with Crippen molar-refractivity contribution in [2.45, 2.75) is 19.1 Å². The smallest absolute Gasteiger partial charge is 0.337 e. The standard InChI is InChI=1S/C20H22FNO3/c1-24-20(23)17-7-5-15(6-8-17)13-22-9-10-25-19(14-22)12-16-3-2-4-18(21)11-16/h2-8,11,19H,9-10,12-14H2,1H3/t19-/m1/s1. The van der Waals surface area contributed by atoms with Crippen LogP contribution in [0, 0.1) is 5.82 Å². The maximum absolute atomic E-state index is 13.3. The molecule has 0 unspecified atom stereocenters. The zero-order chi connectivity index (χ0) is 17.6. The maximum atomic E-state index is 13.3. The molecule has 0 spiro atoms. The molecule has 0 bridgehead atoms. The van der Waals surface area contributed by atoms with Gasteiger partial charge in [-0.2, -0.15) is 0 Å². The molecule has 3 rings (SSSR count). The Morgan fingerprint density at radius 3 is 2.76 bits per heavy atom. The summed E-state index contributed by atoms with van der Waals surface area (Å²) in [6.45, 7) is 3.12. The number of hydrogen-bond donors (Lipinski definition) is 0. The van der Waals surface area contributed by atoms with Gasteiger partial charge in [-0.1, -0.05) is 24.3 Å². The topological polar surface area (TPSA) is 38.8 Å². The maximum Gasteiger partial charge on any atom is 0.337 e. The Morgan fingerprint density at radius 2 is 2.04 bits per heavy atom. The third-order valence-electron chi connectivity index (χ3n) is 4.36. The van der Waals surface area contributed by atoms with Gasteiger partial charge in [-0.05, 0) is 41.8 Å². The van der Waals surface area contributed by atoms with Gasteiger partial charge in [0.05, 0.1) is 25.4 Å². The molecule has 4 nitrogen and oxygen atoms in total. The van der Waals surface area contributed by atoms with E-state index in [9.17, 15) is 9.18 Å². The van der Waals surface area contributed by atoms with E-state index in [1.54, 1.807) is 24.3 Å². The number of ether oxygens (including phenoxy) is 2. The van der Waals surface area contributed by atoms with E-state index in [0.29, 0.717) is 18.6 Å². The molecule has 132 valence electrons. The molecule has 2 aromatic rings. The summed E-state index contributed by atoms with van der Waals surface area (Å²) in [4.78, 5) is 13.8. The Kier molecular flexibility index (Phi) is 5.79. The fraction of sp³-hybridized carbons (Fsp3) is 0.350. The van der Waals surface area contributed by atoms with Crippen molar-refractivity contribution in [1.82, 2.24) is 4.90 Å². The molecule has 1 saturated heterocycles. The van der Waals surface area contributed by atoms with Crippen molar-refractivity contribution in [3.8, 4) is 0 Å². The molecule has 1 aliphatic heterocycles. The Labute approximate surface area is 147 Å². The average Bonchev–Trinajstić information content (AvgIpc) is 2.62. The van der Waals surface area contributed by atoms with Crippen LogP contribution in [0.4, 0.5) is 4.39 Å². The highest BCUT2D eigenvalue weighted by atomic mass is 19.1. The van der Waals surface area contributed by atoms with Crippen molar-refractivity contribution in [3.63, 3.8) is 0 Å². The molecular weight excluding hydrogens is 321 g/mol. The summed E-state index contributed by atoms with van der Waals surface area (Å²) in [6, 6.07) is 14.1. The van der Waals surface area contributed by atoms with Crippen LogP contribution in [0.25, 0.3) is 0 Å². The van der Waals surface area contributed by atoms with Gasteiger partial charge in [-0.25, -0.2) is 9.18 Å². The van der Waals surface area contributed by atoms with Crippen LogP contribution in [-0.2, 0) is 22.4 Å². The van der Waals surface area contributed by atoms with Gasteiger partial charge in [0.2, 0.25) is 0 Å². The third kappa shape index (κ3) is 4.87. The van der Waals surface area contributed by atoms with Crippen LogP contribution in [-0.4, -0.2) is 43.8 Å². The van der Waals surface area contributed by atoms with Crippen LogP contribution < -0.4 is 0 Å². The van der Waals surface area contributed by atoms with E-state index in [-0.39, 0.29) is 17.9 Å². The predicted molar refractivity (Wildman–Crippen MR) is 92.9 cm³/mol. The molecule has 0 amide bonds. The van der Waals surface area contributed by atoms with E-state index in [0.717, 1.165) is 30.8 Å². The number of benzene rings is 2. The molecule has 0 radical (unpaired) electrons. The van der Waals surface area contributed by atoms with Crippen LogP contribution in [0.3, 0.4) is 0 Å². The molecule has 1 heterocycles. The minimum atomic E-state index is -0.326. The number of rotatable bonds is 5. The SMILES string of the molecule is COC(=O)c1ccc(CN2CCO[C@H](Cc3cccc(F)c3)C2)cc1. The summed E-state index contributed by atoms with van der Waals surface area (Å²) in [5.74, 6) is -0.538. The molecular formula is C20H22FNO3. The van der Waals surface area contributed by atoms with E-state index in [4.69, 9.17) is 9.47 Å². The van der Waals surface area contributed by atoms with Gasteiger partial charge in [0.25, 0.3) is 0 Å². The largest absolute Gasteiger partial charge is 0.465 e. The molecule has 0 saturated carbocycles. The number of morpholine rings is 1. The van der Waals surface area contributed by atoms with Gasteiger partial charge in [-0.3, -0.25) is 4.90 Å². The van der Waals surface area contributed by atoms with E-state index in [2.05, 4.69) is 4.90 Å². The third-order valence-corrected chi connectivity index (χ3v) is 4.36. The van der Waals surface area contributed by atoms with Crippen LogP contribution in [0.1, 0.15) is 21.5 Å². The Hall–Kier alpha value is -2.24. The molecule has 0 N–H and O–H groups in total. The lowest BCUT2D eigenvalue weighted by Crippen LogP contribution is -2.42. The first-order valence-corrected chi connectivity index (χ1v) is 8.39. The molecule has 1 atom stereocenters. The van der Waals surface area contributed by atoms with Crippen molar-refractivity contribution in [1.29, 1.82) is 0 Å². The summed E-state index contributed by atoms with van der Waals surface area (Å²) in [5, 5.41) is 0. The highest BCUT2D eigenvalue weighted by Gasteiger charge is 2.21. The van der Waals surface area contributed by atoms with Gasteiger partial charge in [0, 0.05) is 19.6 Å². The number of hydrogen-bond acceptors (Lipinski definition) is 4. The summed E-state index contributed by atoms with van der Waals surface area (Å²) >= 11 is 0. The highest BCUT2D eigenvalue weighted by Crippen LogP contribution is 2.16. The van der Waals surface area contributed by atoms with Crippen LogP contribution >= 0.6 is 0 Å². The first-order valence-electron chi connectivity index (χ1n) is 8.39. The second kappa shape index (κ2) is 8.23. The molecule has 1 aliphatic rings. The van der Waals surface area contributed by atoms with Gasteiger partial charge in [-0.15, -0.1) is 0 Å². The van der Waals surface area contributed by atoms with E-state index in [1.807, 2.05) is 18.2 Å². The van der Waals surface area contributed by atoms with Crippen molar-refractivity contribution >= 4 is 5.97 Å². The lowest BCUT2D eigenvalue weighted by atomic mass is 10.1. The minimum absolute atomic E-state index is 0.0601.